The average Bonchev–Trinajstić information content (AvgIpc) is 2.44. The molecule has 1 aromatic carbocycles. The number of hydrogen-bond acceptors (Lipinski definition) is 3. The van der Waals surface area contributed by atoms with E-state index in [-0.39, 0.29) is 23.8 Å². The summed E-state index contributed by atoms with van der Waals surface area (Å²) in [4.78, 5) is 13.6. The molecule has 0 saturated heterocycles. The normalized spacial score (nSPS) is 14.1. The standard InChI is InChI=1S/C15H24FN3O/c1-4-18-15(20)9-12(10-17)19(3)11(2)13-7-5-6-8-14(13)16/h5-8,11-12H,4,9-10,17H2,1-3H3,(H,18,20). The number of rotatable bonds is 7. The molecule has 0 aliphatic rings. The molecule has 0 aliphatic carbocycles. The molecule has 5 heteroatoms. The van der Waals surface area contributed by atoms with E-state index in [0.29, 0.717) is 25.1 Å². The molecular formula is C15H24FN3O. The first-order valence-corrected chi connectivity index (χ1v) is 6.94. The summed E-state index contributed by atoms with van der Waals surface area (Å²) < 4.78 is 13.8. The molecule has 3 N–H and O–H groups in total. The summed E-state index contributed by atoms with van der Waals surface area (Å²) in [5.74, 6) is -0.267. The van der Waals surface area contributed by atoms with Gasteiger partial charge < -0.3 is 11.1 Å². The van der Waals surface area contributed by atoms with Crippen molar-refractivity contribution in [3.05, 3.63) is 35.6 Å². The summed E-state index contributed by atoms with van der Waals surface area (Å²) in [5, 5.41) is 2.76. The van der Waals surface area contributed by atoms with Gasteiger partial charge in [-0.25, -0.2) is 4.39 Å². The first-order chi connectivity index (χ1) is 9.51. The molecule has 4 nitrogen and oxygen atoms in total. The van der Waals surface area contributed by atoms with Crippen molar-refractivity contribution < 1.29 is 9.18 Å². The van der Waals surface area contributed by atoms with Crippen LogP contribution in [0.25, 0.3) is 0 Å². The second-order valence-electron chi connectivity index (χ2n) is 4.91. The number of carbonyl (C=O) groups excluding carboxylic acids is 1. The highest BCUT2D eigenvalue weighted by atomic mass is 19.1. The van der Waals surface area contributed by atoms with Crippen LogP contribution in [-0.4, -0.2) is 37.0 Å². The lowest BCUT2D eigenvalue weighted by atomic mass is 10.0. The lowest BCUT2D eigenvalue weighted by Crippen LogP contribution is -2.43. The fourth-order valence-corrected chi connectivity index (χ4v) is 2.23. The third-order valence-electron chi connectivity index (χ3n) is 3.61. The molecule has 0 bridgehead atoms. The van der Waals surface area contributed by atoms with E-state index >= 15 is 0 Å². The third-order valence-corrected chi connectivity index (χ3v) is 3.61. The summed E-state index contributed by atoms with van der Waals surface area (Å²) in [5.41, 5.74) is 6.37. The van der Waals surface area contributed by atoms with Crippen LogP contribution in [-0.2, 0) is 4.79 Å². The lowest BCUT2D eigenvalue weighted by molar-refractivity contribution is -0.122. The average molecular weight is 281 g/mol. The Balaban J connectivity index is 2.77. The van der Waals surface area contributed by atoms with Crippen LogP contribution in [0.3, 0.4) is 0 Å². The lowest BCUT2D eigenvalue weighted by Gasteiger charge is -2.32. The van der Waals surface area contributed by atoms with Crippen molar-refractivity contribution in [2.45, 2.75) is 32.4 Å². The highest BCUT2D eigenvalue weighted by Gasteiger charge is 2.23. The van der Waals surface area contributed by atoms with Crippen molar-refractivity contribution in [1.82, 2.24) is 10.2 Å². The molecule has 112 valence electrons. The Labute approximate surface area is 120 Å². The molecule has 20 heavy (non-hydrogen) atoms. The van der Waals surface area contributed by atoms with Crippen molar-refractivity contribution >= 4 is 5.91 Å². The maximum atomic E-state index is 13.8. The zero-order chi connectivity index (χ0) is 15.1. The van der Waals surface area contributed by atoms with Gasteiger partial charge in [-0.2, -0.15) is 0 Å². The number of nitrogens with two attached hydrogens (primary N) is 1. The minimum atomic E-state index is -0.236. The van der Waals surface area contributed by atoms with Gasteiger partial charge in [0.15, 0.2) is 0 Å². The molecule has 2 atom stereocenters. The Morgan fingerprint density at radius 2 is 2.10 bits per heavy atom. The van der Waals surface area contributed by atoms with E-state index in [4.69, 9.17) is 5.73 Å². The van der Waals surface area contributed by atoms with Crippen LogP contribution in [0.2, 0.25) is 0 Å². The Morgan fingerprint density at radius 1 is 1.45 bits per heavy atom. The minimum absolute atomic E-state index is 0.0319. The SMILES string of the molecule is CCNC(=O)CC(CN)N(C)C(C)c1ccccc1F. The van der Waals surface area contributed by atoms with Crippen LogP contribution in [0.4, 0.5) is 4.39 Å². The van der Waals surface area contributed by atoms with Crippen molar-refractivity contribution in [3.63, 3.8) is 0 Å². The van der Waals surface area contributed by atoms with E-state index in [1.54, 1.807) is 12.1 Å². The van der Waals surface area contributed by atoms with Gasteiger partial charge in [-0.3, -0.25) is 9.69 Å². The van der Waals surface area contributed by atoms with Crippen LogP contribution in [0.1, 0.15) is 31.9 Å². The van der Waals surface area contributed by atoms with Crippen LogP contribution in [0, 0.1) is 5.82 Å². The monoisotopic (exact) mass is 281 g/mol. The van der Waals surface area contributed by atoms with Crippen LogP contribution >= 0.6 is 0 Å². The van der Waals surface area contributed by atoms with Gasteiger partial charge in [0, 0.05) is 37.2 Å². The van der Waals surface area contributed by atoms with E-state index in [1.807, 2.05) is 31.9 Å². The highest BCUT2D eigenvalue weighted by Crippen LogP contribution is 2.23. The Morgan fingerprint density at radius 3 is 2.65 bits per heavy atom. The molecule has 2 unspecified atom stereocenters. The first kappa shape index (κ1) is 16.6. The summed E-state index contributed by atoms with van der Waals surface area (Å²) in [6, 6.07) is 6.43. The van der Waals surface area contributed by atoms with E-state index in [1.165, 1.54) is 6.07 Å². The maximum Gasteiger partial charge on any atom is 0.221 e. The van der Waals surface area contributed by atoms with Crippen molar-refractivity contribution in [3.8, 4) is 0 Å². The maximum absolute atomic E-state index is 13.8. The van der Waals surface area contributed by atoms with E-state index in [0.717, 1.165) is 0 Å². The molecule has 0 heterocycles. The number of likely N-dealkylation sites (N-methyl/N-ethyl adjacent to an activating group) is 1. The number of nitrogens with one attached hydrogen (secondary N) is 1. The summed E-state index contributed by atoms with van der Waals surface area (Å²) in [7, 11) is 1.87. The second kappa shape index (κ2) is 7.97. The molecule has 0 fully saturated rings. The van der Waals surface area contributed by atoms with Gasteiger partial charge in [-0.1, -0.05) is 18.2 Å². The van der Waals surface area contributed by atoms with Gasteiger partial charge >= 0.3 is 0 Å². The quantitative estimate of drug-likeness (QED) is 0.799. The van der Waals surface area contributed by atoms with Crippen molar-refractivity contribution in [2.24, 2.45) is 5.73 Å². The molecule has 0 aliphatic heterocycles. The van der Waals surface area contributed by atoms with Crippen LogP contribution in [0.5, 0.6) is 0 Å². The molecule has 0 aromatic heterocycles. The van der Waals surface area contributed by atoms with E-state index in [2.05, 4.69) is 5.32 Å². The van der Waals surface area contributed by atoms with Crippen LogP contribution in [0.15, 0.2) is 24.3 Å². The Kier molecular flexibility index (Phi) is 6.61. The highest BCUT2D eigenvalue weighted by molar-refractivity contribution is 5.76. The second-order valence-corrected chi connectivity index (χ2v) is 4.91. The molecular weight excluding hydrogens is 257 g/mol. The van der Waals surface area contributed by atoms with Gasteiger partial charge in [0.05, 0.1) is 0 Å². The molecule has 0 saturated carbocycles. The fourth-order valence-electron chi connectivity index (χ4n) is 2.23. The molecule has 0 spiro atoms. The molecule has 1 amide bonds. The number of benzene rings is 1. The Hall–Kier alpha value is -1.46. The van der Waals surface area contributed by atoms with Gasteiger partial charge in [0.2, 0.25) is 5.91 Å². The van der Waals surface area contributed by atoms with Crippen LogP contribution < -0.4 is 11.1 Å². The van der Waals surface area contributed by atoms with Gasteiger partial charge in [-0.15, -0.1) is 0 Å². The smallest absolute Gasteiger partial charge is 0.221 e. The van der Waals surface area contributed by atoms with E-state index in [9.17, 15) is 9.18 Å². The topological polar surface area (TPSA) is 58.4 Å². The van der Waals surface area contributed by atoms with Crippen molar-refractivity contribution in [2.75, 3.05) is 20.1 Å². The molecule has 0 radical (unpaired) electrons. The van der Waals surface area contributed by atoms with Crippen molar-refractivity contribution in [1.29, 1.82) is 0 Å². The summed E-state index contributed by atoms with van der Waals surface area (Å²) in [6.45, 7) is 4.75. The predicted octanol–water partition coefficient (Wildman–Crippen LogP) is 1.67. The van der Waals surface area contributed by atoms with Gasteiger partial charge in [0.1, 0.15) is 5.82 Å². The van der Waals surface area contributed by atoms with Gasteiger partial charge in [0.25, 0.3) is 0 Å². The fraction of sp³-hybridized carbons (Fsp3) is 0.533. The first-order valence-electron chi connectivity index (χ1n) is 6.94. The Bertz CT molecular complexity index is 439. The third kappa shape index (κ3) is 4.28. The largest absolute Gasteiger partial charge is 0.356 e. The molecule has 1 rings (SSSR count). The molecule has 1 aromatic rings. The minimum Gasteiger partial charge on any atom is -0.356 e. The number of halogens is 1. The number of hydrogen-bond donors (Lipinski definition) is 2. The number of carbonyl (C=O) groups is 1. The summed E-state index contributed by atoms with van der Waals surface area (Å²) >= 11 is 0. The van der Waals surface area contributed by atoms with Gasteiger partial charge in [-0.05, 0) is 27.0 Å². The number of nitrogens with zero attached hydrogens (tertiary/aromatic N) is 1. The predicted molar refractivity (Wildman–Crippen MR) is 78.7 cm³/mol. The van der Waals surface area contributed by atoms with E-state index < -0.39 is 0 Å². The summed E-state index contributed by atoms with van der Waals surface area (Å²) in [6.07, 6.45) is 0.319. The number of amides is 1. The zero-order valence-corrected chi connectivity index (χ0v) is 12.4. The zero-order valence-electron chi connectivity index (χ0n) is 12.4.